The first kappa shape index (κ1) is 31.0. The van der Waals surface area contributed by atoms with Crippen LogP contribution in [0.5, 0.6) is 5.75 Å². The maximum Gasteiger partial charge on any atom is 0.424 e. The van der Waals surface area contributed by atoms with E-state index < -0.39 is 82.1 Å². The van der Waals surface area contributed by atoms with Gasteiger partial charge in [0.25, 0.3) is 5.91 Å². The van der Waals surface area contributed by atoms with E-state index in [2.05, 4.69) is 10.1 Å². The minimum Gasteiger partial charge on any atom is -0.489 e. The molecular formula is C27H19ClF7N5O4. The number of halogens is 8. The van der Waals surface area contributed by atoms with Gasteiger partial charge in [-0.3, -0.25) is 9.59 Å². The molecule has 4 N–H and O–H groups in total. The Bertz CT molecular complexity index is 1830. The molecule has 0 radical (unpaired) electrons. The summed E-state index contributed by atoms with van der Waals surface area (Å²) in [7, 11) is 0. The Balaban J connectivity index is 1.58. The number of nitrogens with one attached hydrogen (secondary N) is 1. The summed E-state index contributed by atoms with van der Waals surface area (Å²) < 4.78 is 104. The zero-order valence-corrected chi connectivity index (χ0v) is 22.9. The van der Waals surface area contributed by atoms with E-state index in [0.717, 1.165) is 36.5 Å². The monoisotopic (exact) mass is 645 g/mol. The van der Waals surface area contributed by atoms with E-state index in [4.69, 9.17) is 22.1 Å². The molecule has 0 saturated heterocycles. The van der Waals surface area contributed by atoms with Gasteiger partial charge in [0.2, 0.25) is 11.5 Å². The highest BCUT2D eigenvalue weighted by atomic mass is 35.5. The normalized spacial score (nSPS) is 17.8. The summed E-state index contributed by atoms with van der Waals surface area (Å²) >= 11 is 5.87. The first-order chi connectivity index (χ1) is 20.5. The van der Waals surface area contributed by atoms with Crippen molar-refractivity contribution in [3.63, 3.8) is 0 Å². The van der Waals surface area contributed by atoms with E-state index in [-0.39, 0.29) is 32.6 Å². The third-order valence-corrected chi connectivity index (χ3v) is 7.54. The Morgan fingerprint density at radius 1 is 1.18 bits per heavy atom. The van der Waals surface area contributed by atoms with Crippen molar-refractivity contribution >= 4 is 34.3 Å². The molecule has 1 aliphatic heterocycles. The number of pyridine rings is 1. The summed E-state index contributed by atoms with van der Waals surface area (Å²) in [6, 6.07) is 5.34. The van der Waals surface area contributed by atoms with Crippen LogP contribution in [-0.2, 0) is 15.8 Å². The van der Waals surface area contributed by atoms with Gasteiger partial charge < -0.3 is 20.9 Å². The molecule has 5 rings (SSSR count). The maximum absolute atomic E-state index is 14.6. The molecule has 2 aromatic carbocycles. The molecule has 4 aromatic rings. The second-order valence-electron chi connectivity index (χ2n) is 10.2. The molecule has 0 spiro atoms. The number of nitrogens with zero attached hydrogens (tertiary/aromatic N) is 3. The quantitative estimate of drug-likeness (QED) is 0.249. The molecular weight excluding hydrogens is 627 g/mol. The second-order valence-corrected chi connectivity index (χ2v) is 10.6. The number of ether oxygens (including phenoxy) is 1. The fourth-order valence-corrected chi connectivity index (χ4v) is 4.81. The number of rotatable bonds is 7. The largest absolute Gasteiger partial charge is 0.489 e. The Labute approximate surface area is 247 Å². The van der Waals surface area contributed by atoms with Crippen LogP contribution in [0.4, 0.5) is 30.7 Å². The van der Waals surface area contributed by atoms with Crippen molar-refractivity contribution < 1.29 is 50.2 Å². The third-order valence-electron chi connectivity index (χ3n) is 7.25. The zero-order valence-electron chi connectivity index (χ0n) is 22.1. The molecule has 2 atom stereocenters. The average Bonchev–Trinajstić information content (AvgIpc) is 3.55. The summed E-state index contributed by atoms with van der Waals surface area (Å²) in [6.07, 6.45) is -4.78. The van der Waals surface area contributed by atoms with Gasteiger partial charge in [-0.15, -0.1) is 0 Å². The minimum atomic E-state index is -5.52. The number of aliphatic hydroxyl groups is 1. The molecule has 0 saturated carbocycles. The Kier molecular flexibility index (Phi) is 7.48. The number of nitrogens with two attached hydrogens (primary N) is 1. The smallest absolute Gasteiger partial charge is 0.424 e. The van der Waals surface area contributed by atoms with Crippen molar-refractivity contribution in [3.05, 3.63) is 76.1 Å². The van der Waals surface area contributed by atoms with Crippen LogP contribution in [0, 0.1) is 11.6 Å². The van der Waals surface area contributed by atoms with Crippen molar-refractivity contribution in [1.82, 2.24) is 20.1 Å². The molecule has 3 heterocycles. The predicted molar refractivity (Wildman–Crippen MR) is 140 cm³/mol. The molecule has 17 heteroatoms. The van der Waals surface area contributed by atoms with Crippen LogP contribution < -0.4 is 15.8 Å². The molecule has 9 nitrogen and oxygen atoms in total. The highest BCUT2D eigenvalue weighted by Crippen LogP contribution is 2.48. The second kappa shape index (κ2) is 10.6. The van der Waals surface area contributed by atoms with Crippen molar-refractivity contribution in [3.8, 4) is 17.0 Å². The Hall–Kier alpha value is -4.44. The van der Waals surface area contributed by atoms with Gasteiger partial charge in [0.1, 0.15) is 34.8 Å². The van der Waals surface area contributed by atoms with E-state index in [9.17, 15) is 45.4 Å². The lowest BCUT2D eigenvalue weighted by atomic mass is 9.81. The number of hydrogen-bond donors (Lipinski definition) is 3. The first-order valence-electron chi connectivity index (χ1n) is 12.4. The van der Waals surface area contributed by atoms with Gasteiger partial charge in [-0.25, -0.2) is 18.4 Å². The summed E-state index contributed by atoms with van der Waals surface area (Å²) in [6.45, 7) is -3.81. The number of benzene rings is 2. The van der Waals surface area contributed by atoms with Gasteiger partial charge >= 0.3 is 12.7 Å². The number of amides is 2. The lowest BCUT2D eigenvalue weighted by molar-refractivity contribution is -0.265. The van der Waals surface area contributed by atoms with Crippen LogP contribution >= 0.6 is 11.6 Å². The van der Waals surface area contributed by atoms with Crippen LogP contribution in [0.2, 0.25) is 5.02 Å². The third kappa shape index (κ3) is 5.06. The van der Waals surface area contributed by atoms with Crippen molar-refractivity contribution in [2.75, 3.05) is 13.2 Å². The minimum absolute atomic E-state index is 0.0371. The predicted octanol–water partition coefficient (Wildman–Crippen LogP) is 4.74. The number of aromatic nitrogens is 3. The fourth-order valence-electron chi connectivity index (χ4n) is 4.63. The van der Waals surface area contributed by atoms with Gasteiger partial charge in [0.15, 0.2) is 5.82 Å². The summed E-state index contributed by atoms with van der Waals surface area (Å²) in [5.41, 5.74) is -2.82. The molecule has 2 aromatic heterocycles. The highest BCUT2D eigenvalue weighted by Gasteiger charge is 2.57. The van der Waals surface area contributed by atoms with E-state index in [1.165, 1.54) is 6.92 Å². The van der Waals surface area contributed by atoms with Gasteiger partial charge in [-0.05, 0) is 43.3 Å². The van der Waals surface area contributed by atoms with Gasteiger partial charge in [-0.1, -0.05) is 11.6 Å². The number of carbonyl (C=O) groups excluding carboxylic acids is 2. The SMILES string of the molecule is C[C@]1(C(N)=O)COc2c1cc([C@@](O)(CNC(=O)c1cc(F)c3nn(C(F)F)cc3c1)C(F)(F)F)nc2-c1ccc(F)c(Cl)c1. The van der Waals surface area contributed by atoms with E-state index in [1.807, 2.05) is 5.32 Å². The number of fused-ring (bicyclic) bond motifs is 2. The van der Waals surface area contributed by atoms with E-state index in [0.29, 0.717) is 6.07 Å². The molecule has 0 bridgehead atoms. The number of primary amides is 1. The summed E-state index contributed by atoms with van der Waals surface area (Å²) in [5, 5.41) is 15.7. The molecule has 0 fully saturated rings. The topological polar surface area (TPSA) is 132 Å². The van der Waals surface area contributed by atoms with E-state index >= 15 is 0 Å². The van der Waals surface area contributed by atoms with Crippen LogP contribution in [0.3, 0.4) is 0 Å². The van der Waals surface area contributed by atoms with Crippen molar-refractivity contribution in [1.29, 1.82) is 0 Å². The van der Waals surface area contributed by atoms with Crippen LogP contribution in [0.25, 0.3) is 22.2 Å². The standard InChI is InChI=1S/C27H19ClF7N5O4/c1-25(23(36)42)10-44-21-14(25)7-18(38-20(21)11-2-3-16(29)15(28)5-11)26(43,27(33,34)35)9-37-22(41)12-4-13-8-40(24(31)32)39-19(13)17(30)6-12/h2-8,24,43H,9-10H2,1H3,(H2,36,42)(H,37,41)/t25-,26-/m0/s1. The number of carbonyl (C=O) groups is 2. The summed E-state index contributed by atoms with van der Waals surface area (Å²) in [4.78, 5) is 29.1. The summed E-state index contributed by atoms with van der Waals surface area (Å²) in [5.74, 6) is -4.51. The van der Waals surface area contributed by atoms with Crippen LogP contribution in [-0.4, -0.2) is 51.0 Å². The molecule has 44 heavy (non-hydrogen) atoms. The molecule has 0 unspecified atom stereocenters. The van der Waals surface area contributed by atoms with Crippen molar-refractivity contribution in [2.24, 2.45) is 5.73 Å². The maximum atomic E-state index is 14.6. The van der Waals surface area contributed by atoms with Gasteiger partial charge in [-0.2, -0.15) is 27.1 Å². The molecule has 1 aliphatic rings. The first-order valence-corrected chi connectivity index (χ1v) is 12.8. The molecule has 232 valence electrons. The highest BCUT2D eigenvalue weighted by molar-refractivity contribution is 6.31. The lowest BCUT2D eigenvalue weighted by Gasteiger charge is -2.31. The number of hydrogen-bond acceptors (Lipinski definition) is 6. The number of alkyl halides is 5. The van der Waals surface area contributed by atoms with Gasteiger partial charge in [0, 0.05) is 28.3 Å². The van der Waals surface area contributed by atoms with Crippen LogP contribution in [0.15, 0.2) is 42.6 Å². The van der Waals surface area contributed by atoms with E-state index in [1.54, 1.807) is 0 Å². The average molecular weight is 646 g/mol. The molecule has 2 amide bonds. The lowest BCUT2D eigenvalue weighted by Crippen LogP contribution is -2.51. The fraction of sp³-hybridized carbons (Fsp3) is 0.259. The van der Waals surface area contributed by atoms with Crippen molar-refractivity contribution in [2.45, 2.75) is 30.7 Å². The van der Waals surface area contributed by atoms with Crippen LogP contribution in [0.1, 0.15) is 35.1 Å². The Morgan fingerprint density at radius 2 is 1.89 bits per heavy atom. The molecule has 0 aliphatic carbocycles. The Morgan fingerprint density at radius 3 is 2.50 bits per heavy atom. The zero-order chi connectivity index (χ0) is 32.4. The van der Waals surface area contributed by atoms with Gasteiger partial charge in [0.05, 0.1) is 17.3 Å².